The third-order valence-electron chi connectivity index (χ3n) is 5.44. The Balaban J connectivity index is 1.56. The van der Waals surface area contributed by atoms with Crippen molar-refractivity contribution in [1.82, 2.24) is 15.5 Å². The summed E-state index contributed by atoms with van der Waals surface area (Å²) in [5.41, 5.74) is 2.50. The summed E-state index contributed by atoms with van der Waals surface area (Å²) >= 11 is 0. The summed E-state index contributed by atoms with van der Waals surface area (Å²) in [6, 6.07) is 19.4. The second kappa shape index (κ2) is 10.2. The zero-order chi connectivity index (χ0) is 20.6. The van der Waals surface area contributed by atoms with Gasteiger partial charge in [0.1, 0.15) is 5.75 Å². The predicted molar refractivity (Wildman–Crippen MR) is 121 cm³/mol. The van der Waals surface area contributed by atoms with E-state index in [0.29, 0.717) is 6.04 Å². The van der Waals surface area contributed by atoms with Gasteiger partial charge in [0.05, 0.1) is 13.2 Å². The zero-order valence-corrected chi connectivity index (χ0v) is 17.9. The van der Waals surface area contributed by atoms with Crippen LogP contribution in [0.2, 0.25) is 0 Å². The van der Waals surface area contributed by atoms with Crippen LogP contribution in [0.3, 0.4) is 0 Å². The lowest BCUT2D eigenvalue weighted by Crippen LogP contribution is -2.46. The van der Waals surface area contributed by atoms with Crippen LogP contribution in [0.5, 0.6) is 5.75 Å². The molecule has 0 spiro atoms. The van der Waals surface area contributed by atoms with Gasteiger partial charge in [0.2, 0.25) is 0 Å². The highest BCUT2D eigenvalue weighted by molar-refractivity contribution is 5.80. The third-order valence-corrected chi connectivity index (χ3v) is 5.44. The van der Waals surface area contributed by atoms with Gasteiger partial charge in [-0.3, -0.25) is 4.99 Å². The second-order valence-corrected chi connectivity index (χ2v) is 7.62. The van der Waals surface area contributed by atoms with Crippen molar-refractivity contribution in [3.05, 3.63) is 60.2 Å². The van der Waals surface area contributed by atoms with Crippen molar-refractivity contribution in [2.45, 2.75) is 18.5 Å². The van der Waals surface area contributed by atoms with Crippen LogP contribution in [-0.2, 0) is 0 Å². The number of para-hydroxylation sites is 1. The number of anilines is 1. The van der Waals surface area contributed by atoms with Crippen molar-refractivity contribution in [3.8, 4) is 5.75 Å². The molecule has 2 aromatic carbocycles. The predicted octanol–water partition coefficient (Wildman–Crippen LogP) is 2.74. The molecule has 2 aromatic rings. The number of nitrogens with zero attached hydrogens (tertiary/aromatic N) is 3. The van der Waals surface area contributed by atoms with Crippen LogP contribution in [0.25, 0.3) is 0 Å². The number of benzene rings is 2. The Bertz CT molecular complexity index is 793. The quantitative estimate of drug-likeness (QED) is 0.558. The number of likely N-dealkylation sites (N-methyl/N-ethyl adjacent to an activating group) is 1. The summed E-state index contributed by atoms with van der Waals surface area (Å²) < 4.78 is 5.39. The fourth-order valence-electron chi connectivity index (χ4n) is 3.78. The van der Waals surface area contributed by atoms with Crippen LogP contribution >= 0.6 is 0 Å². The van der Waals surface area contributed by atoms with Gasteiger partial charge in [0.25, 0.3) is 0 Å². The van der Waals surface area contributed by atoms with Crippen LogP contribution in [-0.4, -0.2) is 64.8 Å². The van der Waals surface area contributed by atoms with E-state index in [9.17, 15) is 0 Å². The van der Waals surface area contributed by atoms with Gasteiger partial charge in [-0.15, -0.1) is 0 Å². The number of ether oxygens (including phenoxy) is 1. The lowest BCUT2D eigenvalue weighted by molar-refractivity contribution is 0.297. The van der Waals surface area contributed by atoms with Crippen molar-refractivity contribution in [1.29, 1.82) is 0 Å². The summed E-state index contributed by atoms with van der Waals surface area (Å²) in [5, 5.41) is 7.09. The van der Waals surface area contributed by atoms with E-state index in [-0.39, 0.29) is 6.04 Å². The molecule has 1 aliphatic heterocycles. The molecule has 0 aliphatic carbocycles. The molecule has 156 valence electrons. The Morgan fingerprint density at radius 2 is 2.00 bits per heavy atom. The summed E-state index contributed by atoms with van der Waals surface area (Å²) in [5.74, 6) is 1.73. The zero-order valence-electron chi connectivity index (χ0n) is 17.9. The van der Waals surface area contributed by atoms with Crippen molar-refractivity contribution in [2.24, 2.45) is 4.99 Å². The smallest absolute Gasteiger partial charge is 0.191 e. The lowest BCUT2D eigenvalue weighted by Gasteiger charge is -2.27. The Kier molecular flexibility index (Phi) is 7.36. The minimum atomic E-state index is 0.216. The average Bonchev–Trinajstić information content (AvgIpc) is 3.22. The fraction of sp³-hybridized carbons (Fsp3) is 0.435. The Labute approximate surface area is 174 Å². The topological polar surface area (TPSA) is 52.1 Å². The van der Waals surface area contributed by atoms with Crippen molar-refractivity contribution < 1.29 is 4.74 Å². The van der Waals surface area contributed by atoms with Gasteiger partial charge < -0.3 is 25.2 Å². The molecule has 0 amide bonds. The summed E-state index contributed by atoms with van der Waals surface area (Å²) in [4.78, 5) is 9.07. The van der Waals surface area contributed by atoms with Gasteiger partial charge in [-0.1, -0.05) is 30.3 Å². The highest BCUT2D eigenvalue weighted by Gasteiger charge is 2.24. The van der Waals surface area contributed by atoms with E-state index in [0.717, 1.165) is 37.8 Å². The molecule has 1 fully saturated rings. The van der Waals surface area contributed by atoms with Crippen molar-refractivity contribution in [2.75, 3.05) is 52.8 Å². The molecule has 0 aromatic heterocycles. The van der Waals surface area contributed by atoms with E-state index < -0.39 is 0 Å². The minimum Gasteiger partial charge on any atom is -0.497 e. The van der Waals surface area contributed by atoms with E-state index in [1.807, 2.05) is 19.2 Å². The molecule has 6 nitrogen and oxygen atoms in total. The molecule has 1 saturated heterocycles. The van der Waals surface area contributed by atoms with Gasteiger partial charge in [0.15, 0.2) is 5.96 Å². The number of methoxy groups -OCH3 is 1. The molecule has 0 bridgehead atoms. The first-order valence-electron chi connectivity index (χ1n) is 10.2. The number of hydrogen-bond donors (Lipinski definition) is 2. The van der Waals surface area contributed by atoms with E-state index >= 15 is 0 Å². The first-order valence-corrected chi connectivity index (χ1v) is 10.2. The van der Waals surface area contributed by atoms with Gasteiger partial charge in [-0.25, -0.2) is 0 Å². The maximum Gasteiger partial charge on any atom is 0.191 e. The largest absolute Gasteiger partial charge is 0.497 e. The molecule has 0 radical (unpaired) electrons. The number of guanidine groups is 1. The first kappa shape index (κ1) is 21.0. The third kappa shape index (κ3) is 5.64. The standard InChI is InChI=1S/C23H33N5O/c1-24-23(26-19-13-14-28(17-19)20-10-6-5-7-11-20)25-16-22(27(2)3)18-9-8-12-21(15-18)29-4/h5-12,15,19,22H,13-14,16-17H2,1-4H3,(H2,24,25,26). The number of hydrogen-bond acceptors (Lipinski definition) is 4. The summed E-state index contributed by atoms with van der Waals surface area (Å²) in [6.07, 6.45) is 1.10. The van der Waals surface area contributed by atoms with Crippen LogP contribution < -0.4 is 20.3 Å². The molecule has 29 heavy (non-hydrogen) atoms. The molecule has 1 aliphatic rings. The van der Waals surface area contributed by atoms with Crippen LogP contribution in [0, 0.1) is 0 Å². The maximum atomic E-state index is 5.39. The van der Waals surface area contributed by atoms with Crippen molar-refractivity contribution in [3.63, 3.8) is 0 Å². The van der Waals surface area contributed by atoms with E-state index in [2.05, 4.69) is 82.0 Å². The maximum absolute atomic E-state index is 5.39. The van der Waals surface area contributed by atoms with E-state index in [4.69, 9.17) is 4.74 Å². The highest BCUT2D eigenvalue weighted by Crippen LogP contribution is 2.22. The van der Waals surface area contributed by atoms with Gasteiger partial charge >= 0.3 is 0 Å². The van der Waals surface area contributed by atoms with Crippen molar-refractivity contribution >= 4 is 11.6 Å². The first-order chi connectivity index (χ1) is 14.1. The van der Waals surface area contributed by atoms with E-state index in [1.54, 1.807) is 7.11 Å². The molecule has 2 atom stereocenters. The minimum absolute atomic E-state index is 0.216. The number of rotatable bonds is 7. The molecule has 3 rings (SSSR count). The SMILES string of the molecule is CN=C(NCC(c1cccc(OC)c1)N(C)C)NC1CCN(c2ccccc2)C1. The molecule has 0 saturated carbocycles. The molecule has 6 heteroatoms. The van der Waals surface area contributed by atoms with Crippen LogP contribution in [0.15, 0.2) is 59.6 Å². The second-order valence-electron chi connectivity index (χ2n) is 7.62. The monoisotopic (exact) mass is 395 g/mol. The lowest BCUT2D eigenvalue weighted by atomic mass is 10.1. The molecule has 2 N–H and O–H groups in total. The average molecular weight is 396 g/mol. The van der Waals surface area contributed by atoms with Crippen LogP contribution in [0.4, 0.5) is 5.69 Å². The van der Waals surface area contributed by atoms with Gasteiger partial charge in [0, 0.05) is 38.4 Å². The normalized spacial score (nSPS) is 18.0. The Hall–Kier alpha value is -2.73. The fourth-order valence-corrected chi connectivity index (χ4v) is 3.78. The molecule has 1 heterocycles. The molecular weight excluding hydrogens is 362 g/mol. The Morgan fingerprint density at radius 1 is 1.21 bits per heavy atom. The van der Waals surface area contributed by atoms with Crippen LogP contribution in [0.1, 0.15) is 18.0 Å². The number of aliphatic imine (C=N–C) groups is 1. The van der Waals surface area contributed by atoms with Gasteiger partial charge in [-0.05, 0) is 50.3 Å². The number of nitrogens with one attached hydrogen (secondary N) is 2. The summed E-state index contributed by atoms with van der Waals surface area (Å²) in [7, 11) is 7.72. The highest BCUT2D eigenvalue weighted by atomic mass is 16.5. The van der Waals surface area contributed by atoms with E-state index in [1.165, 1.54) is 11.3 Å². The molecular formula is C23H33N5O. The Morgan fingerprint density at radius 3 is 2.69 bits per heavy atom. The van der Waals surface area contributed by atoms with Gasteiger partial charge in [-0.2, -0.15) is 0 Å². The summed E-state index contributed by atoms with van der Waals surface area (Å²) in [6.45, 7) is 2.80. The molecule has 2 unspecified atom stereocenters.